The minimum absolute atomic E-state index is 0.0403. The van der Waals surface area contributed by atoms with Gasteiger partial charge in [0.15, 0.2) is 0 Å². The number of allylic oxidation sites excluding steroid dienone is 4. The van der Waals surface area contributed by atoms with Crippen LogP contribution in [-0.4, -0.2) is 29.3 Å². The molecular weight excluding hydrogens is 347 g/mol. The summed E-state index contributed by atoms with van der Waals surface area (Å²) in [7, 11) is 0. The molecule has 0 amide bonds. The minimum atomic E-state index is -2.91. The number of rotatable bonds is 13. The third-order valence-electron chi connectivity index (χ3n) is 5.05. The normalized spacial score (nSPS) is 22.6. The van der Waals surface area contributed by atoms with Crippen LogP contribution in [0.4, 0.5) is 4.39 Å². The van der Waals surface area contributed by atoms with Gasteiger partial charge in [-0.05, 0) is 51.4 Å². The van der Waals surface area contributed by atoms with Crippen molar-refractivity contribution < 1.29 is 23.8 Å². The van der Waals surface area contributed by atoms with Gasteiger partial charge in [-0.3, -0.25) is 4.79 Å². The van der Waals surface area contributed by atoms with Gasteiger partial charge in [-0.15, -0.1) is 0 Å². The van der Waals surface area contributed by atoms with Gasteiger partial charge >= 0.3 is 11.8 Å². The molecule has 3 atom stereocenters. The molecule has 1 fully saturated rings. The van der Waals surface area contributed by atoms with Gasteiger partial charge in [0.25, 0.3) is 0 Å². The van der Waals surface area contributed by atoms with Crippen molar-refractivity contribution in [2.24, 2.45) is 11.8 Å². The Hall–Kier alpha value is -1.49. The zero-order valence-corrected chi connectivity index (χ0v) is 16.8. The average Bonchev–Trinajstić information content (AvgIpc) is 2.98. The average molecular weight is 383 g/mol. The largest absolute Gasteiger partial charge is 0.462 e. The molecule has 1 aliphatic rings. The third kappa shape index (κ3) is 8.83. The fourth-order valence-electron chi connectivity index (χ4n) is 3.53. The predicted octanol–water partition coefficient (Wildman–Crippen LogP) is 5.06. The lowest BCUT2D eigenvalue weighted by Crippen LogP contribution is -2.35. The first kappa shape index (κ1) is 23.5. The molecule has 1 unspecified atom stereocenters. The fraction of sp³-hybridized carbons (Fsp3) is 0.727. The molecule has 154 valence electrons. The van der Waals surface area contributed by atoms with Crippen molar-refractivity contribution in [3.05, 3.63) is 24.3 Å². The summed E-state index contributed by atoms with van der Waals surface area (Å²) in [5.74, 6) is -3.43. The van der Waals surface area contributed by atoms with E-state index in [1.165, 1.54) is 0 Å². The second-order valence-electron chi connectivity index (χ2n) is 7.24. The fourth-order valence-corrected chi connectivity index (χ4v) is 3.53. The molecule has 0 bridgehead atoms. The molecule has 0 aromatic carbocycles. The molecular formula is C22H35FO4. The van der Waals surface area contributed by atoms with Gasteiger partial charge in [0.05, 0.1) is 6.61 Å². The van der Waals surface area contributed by atoms with E-state index in [1.807, 2.05) is 0 Å². The molecule has 4 nitrogen and oxygen atoms in total. The van der Waals surface area contributed by atoms with Crippen molar-refractivity contribution in [3.63, 3.8) is 0 Å². The van der Waals surface area contributed by atoms with Crippen LogP contribution in [0.15, 0.2) is 24.3 Å². The summed E-state index contributed by atoms with van der Waals surface area (Å²) in [5.41, 5.74) is 0. The summed E-state index contributed by atoms with van der Waals surface area (Å²) in [6.45, 7) is 3.73. The van der Waals surface area contributed by atoms with Crippen LogP contribution in [0.1, 0.15) is 78.1 Å². The number of carbonyl (C=O) groups excluding carboxylic acids is 2. The predicted molar refractivity (Wildman–Crippen MR) is 105 cm³/mol. The van der Waals surface area contributed by atoms with Crippen molar-refractivity contribution in [2.45, 2.75) is 83.9 Å². The summed E-state index contributed by atoms with van der Waals surface area (Å²) in [6, 6.07) is 0. The van der Waals surface area contributed by atoms with E-state index >= 15 is 0 Å². The van der Waals surface area contributed by atoms with Gasteiger partial charge in [-0.25, -0.2) is 4.79 Å². The van der Waals surface area contributed by atoms with Crippen LogP contribution in [0.25, 0.3) is 0 Å². The summed E-state index contributed by atoms with van der Waals surface area (Å²) in [6.07, 6.45) is 15.7. The number of esters is 1. The van der Waals surface area contributed by atoms with Crippen LogP contribution in [0, 0.1) is 11.8 Å². The van der Waals surface area contributed by atoms with E-state index in [0.717, 1.165) is 38.5 Å². The number of carbonyl (C=O) groups is 2. The Morgan fingerprint density at radius 3 is 2.67 bits per heavy atom. The monoisotopic (exact) mass is 382 g/mol. The first-order valence-corrected chi connectivity index (χ1v) is 10.3. The smallest absolute Gasteiger partial charge is 0.371 e. The van der Waals surface area contributed by atoms with Crippen LogP contribution >= 0.6 is 0 Å². The molecule has 0 heterocycles. The van der Waals surface area contributed by atoms with E-state index in [9.17, 15) is 19.1 Å². The van der Waals surface area contributed by atoms with E-state index in [2.05, 4.69) is 36.0 Å². The SMILES string of the molecule is CCC=CCCC=C[C@H]1CCC(=O)[C@@H]1CCCCCC(O)(F)C(=O)OCC. The second-order valence-corrected chi connectivity index (χ2v) is 7.24. The van der Waals surface area contributed by atoms with E-state index < -0.39 is 11.8 Å². The summed E-state index contributed by atoms with van der Waals surface area (Å²) >= 11 is 0. The maximum atomic E-state index is 13.8. The number of halogens is 1. The standard InChI is InChI=1S/C22H35FO4/c1-3-5-6-7-8-10-13-18-15-16-20(24)19(18)14-11-9-12-17-22(23,26)21(25)27-4-2/h5-6,10,13,18-19,26H,3-4,7-9,11-12,14-17H2,1-2H3/t18-,19+,22?/m0/s1. The van der Waals surface area contributed by atoms with Crippen molar-refractivity contribution in [2.75, 3.05) is 6.61 Å². The van der Waals surface area contributed by atoms with Gasteiger partial charge in [-0.2, -0.15) is 4.39 Å². The number of ketones is 1. The van der Waals surface area contributed by atoms with E-state index in [1.54, 1.807) is 6.92 Å². The molecule has 27 heavy (non-hydrogen) atoms. The Bertz CT molecular complexity index is 510. The van der Waals surface area contributed by atoms with E-state index in [-0.39, 0.29) is 18.9 Å². The molecule has 0 aromatic heterocycles. The Kier molecular flexibility index (Phi) is 11.2. The van der Waals surface area contributed by atoms with Gasteiger partial charge < -0.3 is 9.84 Å². The minimum Gasteiger partial charge on any atom is -0.462 e. The van der Waals surface area contributed by atoms with Gasteiger partial charge in [-0.1, -0.05) is 44.1 Å². The number of alkyl halides is 1. The van der Waals surface area contributed by atoms with Crippen LogP contribution in [0.5, 0.6) is 0 Å². The van der Waals surface area contributed by atoms with E-state index in [4.69, 9.17) is 0 Å². The highest BCUT2D eigenvalue weighted by Gasteiger charge is 2.37. The molecule has 1 rings (SSSR count). The highest BCUT2D eigenvalue weighted by Crippen LogP contribution is 2.34. The summed E-state index contributed by atoms with van der Waals surface area (Å²) in [4.78, 5) is 23.4. The molecule has 1 aliphatic carbocycles. The zero-order valence-electron chi connectivity index (χ0n) is 16.8. The topological polar surface area (TPSA) is 63.6 Å². The van der Waals surface area contributed by atoms with Crippen molar-refractivity contribution >= 4 is 11.8 Å². The lowest BCUT2D eigenvalue weighted by molar-refractivity contribution is -0.188. The Morgan fingerprint density at radius 1 is 1.22 bits per heavy atom. The number of unbranched alkanes of at least 4 members (excludes halogenated alkanes) is 3. The number of Topliss-reactive ketones (excluding diaryl/α,β-unsaturated/α-hetero) is 1. The second kappa shape index (κ2) is 12.8. The lowest BCUT2D eigenvalue weighted by Gasteiger charge is -2.17. The zero-order chi connectivity index (χ0) is 20.1. The molecule has 0 saturated heterocycles. The molecule has 5 heteroatoms. The maximum absolute atomic E-state index is 13.8. The highest BCUT2D eigenvalue weighted by molar-refractivity contribution is 5.83. The molecule has 0 spiro atoms. The van der Waals surface area contributed by atoms with Crippen molar-refractivity contribution in [1.82, 2.24) is 0 Å². The number of hydrogen-bond donors (Lipinski definition) is 1. The van der Waals surface area contributed by atoms with Crippen LogP contribution < -0.4 is 0 Å². The first-order valence-electron chi connectivity index (χ1n) is 10.3. The molecule has 1 saturated carbocycles. The highest BCUT2D eigenvalue weighted by atomic mass is 19.2. The van der Waals surface area contributed by atoms with Crippen LogP contribution in [-0.2, 0) is 14.3 Å². The third-order valence-corrected chi connectivity index (χ3v) is 5.05. The number of hydrogen-bond acceptors (Lipinski definition) is 4. The number of ether oxygens (including phenoxy) is 1. The Labute approximate surface area is 162 Å². The molecule has 0 aliphatic heterocycles. The molecule has 0 aromatic rings. The van der Waals surface area contributed by atoms with Crippen LogP contribution in [0.2, 0.25) is 0 Å². The Morgan fingerprint density at radius 2 is 1.96 bits per heavy atom. The summed E-state index contributed by atoms with van der Waals surface area (Å²) < 4.78 is 18.3. The summed E-state index contributed by atoms with van der Waals surface area (Å²) in [5, 5.41) is 9.47. The van der Waals surface area contributed by atoms with Crippen LogP contribution in [0.3, 0.4) is 0 Å². The number of aliphatic hydroxyl groups is 1. The van der Waals surface area contributed by atoms with E-state index in [0.29, 0.717) is 31.0 Å². The maximum Gasteiger partial charge on any atom is 0.371 e. The molecule has 0 radical (unpaired) electrons. The van der Waals surface area contributed by atoms with Crippen molar-refractivity contribution in [1.29, 1.82) is 0 Å². The van der Waals surface area contributed by atoms with Gasteiger partial charge in [0.1, 0.15) is 5.78 Å². The lowest BCUT2D eigenvalue weighted by atomic mass is 9.89. The molecule has 1 N–H and O–H groups in total. The Balaban J connectivity index is 2.30. The first-order chi connectivity index (χ1) is 12.9. The van der Waals surface area contributed by atoms with Gasteiger partial charge in [0, 0.05) is 18.8 Å². The van der Waals surface area contributed by atoms with Gasteiger partial charge in [0.2, 0.25) is 0 Å². The van der Waals surface area contributed by atoms with Crippen molar-refractivity contribution in [3.8, 4) is 0 Å². The quantitative estimate of drug-likeness (QED) is 0.275.